The summed E-state index contributed by atoms with van der Waals surface area (Å²) in [6.45, 7) is 7.01. The first-order valence-electron chi connectivity index (χ1n) is 11.3. The maximum absolute atomic E-state index is 14.6. The molecule has 0 saturated heterocycles. The van der Waals surface area contributed by atoms with Crippen molar-refractivity contribution in [1.82, 2.24) is 0 Å². The molecule has 0 amide bonds. The van der Waals surface area contributed by atoms with E-state index in [-0.39, 0.29) is 53.1 Å². The topological polar surface area (TPSA) is 104 Å². The zero-order chi connectivity index (χ0) is 25.5. The van der Waals surface area contributed by atoms with Crippen molar-refractivity contribution in [2.24, 2.45) is 5.41 Å². The number of aliphatic carboxylic acids is 1. The van der Waals surface area contributed by atoms with E-state index in [4.69, 9.17) is 9.84 Å². The molecular formula is C26H33FNaO6S. The van der Waals surface area contributed by atoms with Gasteiger partial charge in [-0.3, -0.25) is 9.59 Å². The number of hydrogen-bond donors (Lipinski definition) is 3. The van der Waals surface area contributed by atoms with Crippen LogP contribution in [0.3, 0.4) is 0 Å². The van der Waals surface area contributed by atoms with Crippen LogP contribution in [0, 0.1) is 11.2 Å². The van der Waals surface area contributed by atoms with Crippen LogP contribution in [0.1, 0.15) is 74.5 Å². The number of carbonyl (C=O) groups excluding carboxylic acids is 1. The first-order chi connectivity index (χ1) is 16.0. The number of aliphatic hydroxyl groups is 1. The van der Waals surface area contributed by atoms with Crippen molar-refractivity contribution in [3.05, 3.63) is 52.8 Å². The number of carboxylic acids is 1. The predicted octanol–water partition coefficient (Wildman–Crippen LogP) is 5.40. The number of thioether (sulfide) groups is 1. The summed E-state index contributed by atoms with van der Waals surface area (Å²) < 4.78 is 20.4. The fourth-order valence-corrected chi connectivity index (χ4v) is 4.54. The van der Waals surface area contributed by atoms with Crippen LogP contribution >= 0.6 is 11.8 Å². The molecule has 0 spiro atoms. The van der Waals surface area contributed by atoms with E-state index in [1.54, 1.807) is 38.1 Å². The van der Waals surface area contributed by atoms with Gasteiger partial charge in [0.25, 0.3) is 0 Å². The Bertz CT molecular complexity index is 1030. The Morgan fingerprint density at radius 1 is 1.20 bits per heavy atom. The number of ketones is 1. The summed E-state index contributed by atoms with van der Waals surface area (Å²) >= 11 is 1.32. The monoisotopic (exact) mass is 515 g/mol. The van der Waals surface area contributed by atoms with Gasteiger partial charge in [-0.15, -0.1) is 11.8 Å². The number of aliphatic hydroxyl groups excluding tert-OH is 1. The van der Waals surface area contributed by atoms with Crippen LogP contribution in [-0.2, 0) is 11.2 Å². The number of halogens is 1. The SMILES string of the molecule is CCCc1c(OCCCSc2ccc(C(O)C(C)(C)CC(=O)O)cc2F)ccc(C(C)=O)c1O.[Na]. The Balaban J connectivity index is 0.00000612. The molecule has 35 heavy (non-hydrogen) atoms. The second-order valence-corrected chi connectivity index (χ2v) is 10.1. The number of carbonyl (C=O) groups is 2. The van der Waals surface area contributed by atoms with Crippen LogP contribution in [0.2, 0.25) is 0 Å². The third-order valence-electron chi connectivity index (χ3n) is 5.54. The van der Waals surface area contributed by atoms with Crippen LogP contribution in [0.25, 0.3) is 0 Å². The molecular weight excluding hydrogens is 482 g/mol. The smallest absolute Gasteiger partial charge is 0.303 e. The zero-order valence-corrected chi connectivity index (χ0v) is 23.9. The molecule has 3 N–H and O–H groups in total. The Morgan fingerprint density at radius 2 is 1.89 bits per heavy atom. The molecule has 0 aliphatic carbocycles. The van der Waals surface area contributed by atoms with Gasteiger partial charge in [0.2, 0.25) is 0 Å². The summed E-state index contributed by atoms with van der Waals surface area (Å²) in [5.74, 6) is -0.595. The van der Waals surface area contributed by atoms with Gasteiger partial charge in [-0.05, 0) is 49.6 Å². The summed E-state index contributed by atoms with van der Waals surface area (Å²) in [6, 6.07) is 7.72. The minimum atomic E-state index is -1.10. The van der Waals surface area contributed by atoms with E-state index < -0.39 is 23.3 Å². The number of benzene rings is 2. The molecule has 0 aliphatic rings. The maximum Gasteiger partial charge on any atom is 0.303 e. The second kappa shape index (κ2) is 14.2. The van der Waals surface area contributed by atoms with Gasteiger partial charge >= 0.3 is 5.97 Å². The summed E-state index contributed by atoms with van der Waals surface area (Å²) in [4.78, 5) is 23.1. The van der Waals surface area contributed by atoms with E-state index in [9.17, 15) is 24.2 Å². The van der Waals surface area contributed by atoms with Gasteiger partial charge in [-0.1, -0.05) is 33.3 Å². The normalized spacial score (nSPS) is 12.1. The Kier molecular flexibility index (Phi) is 12.8. The van der Waals surface area contributed by atoms with Crippen molar-refractivity contribution in [2.45, 2.75) is 64.4 Å². The number of Topliss-reactive ketones (excluding diaryl/α,β-unsaturated/α-hetero) is 1. The fourth-order valence-electron chi connectivity index (χ4n) is 3.69. The van der Waals surface area contributed by atoms with Gasteiger partial charge < -0.3 is 20.1 Å². The van der Waals surface area contributed by atoms with Gasteiger partial charge in [-0.25, -0.2) is 4.39 Å². The number of ether oxygens (including phenoxy) is 1. The fraction of sp³-hybridized carbons (Fsp3) is 0.462. The van der Waals surface area contributed by atoms with Crippen molar-refractivity contribution in [1.29, 1.82) is 0 Å². The van der Waals surface area contributed by atoms with Crippen molar-refractivity contribution in [3.8, 4) is 11.5 Å². The Hall–Kier alpha value is -1.58. The number of aromatic hydroxyl groups is 1. The average Bonchev–Trinajstić information content (AvgIpc) is 2.75. The van der Waals surface area contributed by atoms with Crippen LogP contribution in [0.15, 0.2) is 35.2 Å². The third-order valence-corrected chi connectivity index (χ3v) is 6.68. The van der Waals surface area contributed by atoms with Gasteiger partial charge in [0.15, 0.2) is 5.78 Å². The van der Waals surface area contributed by atoms with E-state index in [1.165, 1.54) is 24.8 Å². The summed E-state index contributed by atoms with van der Waals surface area (Å²) in [5, 5.41) is 29.9. The largest absolute Gasteiger partial charge is 0.507 e. The molecule has 187 valence electrons. The van der Waals surface area contributed by atoms with Gasteiger partial charge in [-0.2, -0.15) is 0 Å². The van der Waals surface area contributed by atoms with Gasteiger partial charge in [0, 0.05) is 51.2 Å². The number of phenolic OH excluding ortho intramolecular Hbond substituents is 1. The quantitative estimate of drug-likeness (QED) is 0.142. The van der Waals surface area contributed by atoms with E-state index in [0.29, 0.717) is 47.0 Å². The standard InChI is InChI=1S/C26H33FO6S.Na/c1-5-7-19-21(10-9-18(16(2)28)24(19)31)33-12-6-13-34-22-11-8-17(14-20(22)27)25(32)26(3,4)15-23(29)30;/h8-11,14,25,31-32H,5-7,12-13,15H2,1-4H3,(H,29,30);. The summed E-state index contributed by atoms with van der Waals surface area (Å²) in [6.07, 6.45) is 0.666. The van der Waals surface area contributed by atoms with Gasteiger partial charge in [0.1, 0.15) is 17.3 Å². The van der Waals surface area contributed by atoms with E-state index in [1.807, 2.05) is 6.92 Å². The van der Waals surface area contributed by atoms with Crippen molar-refractivity contribution >= 4 is 53.1 Å². The molecule has 2 aromatic carbocycles. The maximum atomic E-state index is 14.6. The van der Waals surface area contributed by atoms with Crippen molar-refractivity contribution in [2.75, 3.05) is 12.4 Å². The summed E-state index contributed by atoms with van der Waals surface area (Å²) in [7, 11) is 0. The predicted molar refractivity (Wildman–Crippen MR) is 136 cm³/mol. The first-order valence-corrected chi connectivity index (χ1v) is 12.3. The molecule has 6 nitrogen and oxygen atoms in total. The number of hydrogen-bond acceptors (Lipinski definition) is 6. The summed E-state index contributed by atoms with van der Waals surface area (Å²) in [5.41, 5.74) is 0.308. The molecule has 2 aromatic rings. The van der Waals surface area contributed by atoms with Gasteiger partial charge in [0.05, 0.1) is 24.7 Å². The van der Waals surface area contributed by atoms with E-state index in [0.717, 1.165) is 6.42 Å². The zero-order valence-electron chi connectivity index (χ0n) is 21.1. The molecule has 0 saturated carbocycles. The molecule has 0 bridgehead atoms. The first kappa shape index (κ1) is 31.4. The van der Waals surface area contributed by atoms with Crippen LogP contribution in [-0.4, -0.2) is 69.0 Å². The number of carboxylic acid groups (broad SMARTS) is 1. The molecule has 0 heterocycles. The average molecular weight is 516 g/mol. The van der Waals surface area contributed by atoms with Crippen molar-refractivity contribution in [3.63, 3.8) is 0 Å². The van der Waals surface area contributed by atoms with E-state index in [2.05, 4.69) is 0 Å². The Labute approximate surface area is 232 Å². The minimum absolute atomic E-state index is 0. The molecule has 0 aliphatic heterocycles. The second-order valence-electron chi connectivity index (χ2n) is 8.95. The van der Waals surface area contributed by atoms with E-state index >= 15 is 0 Å². The van der Waals surface area contributed by atoms with Crippen LogP contribution in [0.5, 0.6) is 11.5 Å². The third kappa shape index (κ3) is 8.79. The minimum Gasteiger partial charge on any atom is -0.507 e. The van der Waals surface area contributed by atoms with Crippen molar-refractivity contribution < 1.29 is 34.0 Å². The van der Waals surface area contributed by atoms with Crippen LogP contribution < -0.4 is 4.74 Å². The number of phenols is 1. The molecule has 1 atom stereocenters. The molecule has 9 heteroatoms. The Morgan fingerprint density at radius 3 is 2.46 bits per heavy atom. The number of rotatable bonds is 13. The molecule has 1 unspecified atom stereocenters. The molecule has 1 radical (unpaired) electrons. The van der Waals surface area contributed by atoms with Crippen LogP contribution in [0.4, 0.5) is 4.39 Å². The molecule has 0 aromatic heterocycles. The molecule has 0 fully saturated rings. The molecule has 2 rings (SSSR count).